The van der Waals surface area contributed by atoms with Crippen LogP contribution >= 0.6 is 0 Å². The van der Waals surface area contributed by atoms with Gasteiger partial charge in [-0.15, -0.1) is 0 Å². The van der Waals surface area contributed by atoms with Crippen LogP contribution in [0.5, 0.6) is 0 Å². The molecule has 0 fully saturated rings. The maximum absolute atomic E-state index is 11.2. The molecule has 0 aliphatic heterocycles. The molecular formula is C15H18N2O2. The Morgan fingerprint density at radius 1 is 1.37 bits per heavy atom. The van der Waals surface area contributed by atoms with Gasteiger partial charge in [-0.05, 0) is 19.1 Å². The van der Waals surface area contributed by atoms with Gasteiger partial charge in [-0.2, -0.15) is 0 Å². The van der Waals surface area contributed by atoms with Crippen molar-refractivity contribution >= 4 is 23.0 Å². The van der Waals surface area contributed by atoms with E-state index >= 15 is 0 Å². The summed E-state index contributed by atoms with van der Waals surface area (Å²) in [6, 6.07) is 9.67. The Kier molecular flexibility index (Phi) is 4.47. The molecule has 4 nitrogen and oxygen atoms in total. The smallest absolute Gasteiger partial charge is 0.153 e. The summed E-state index contributed by atoms with van der Waals surface area (Å²) in [4.78, 5) is 17.7. The fraction of sp³-hybridized carbons (Fsp3) is 0.333. The first-order valence-corrected chi connectivity index (χ1v) is 6.40. The number of anilines is 1. The van der Waals surface area contributed by atoms with Gasteiger partial charge in [0.25, 0.3) is 0 Å². The van der Waals surface area contributed by atoms with E-state index in [2.05, 4.69) is 4.98 Å². The number of para-hydroxylation sites is 1. The van der Waals surface area contributed by atoms with E-state index in [-0.39, 0.29) is 0 Å². The number of aromatic nitrogens is 1. The molecule has 0 bridgehead atoms. The maximum atomic E-state index is 11.2. The number of pyridine rings is 1. The van der Waals surface area contributed by atoms with E-state index < -0.39 is 0 Å². The number of likely N-dealkylation sites (N-methyl/N-ethyl adjacent to an activating group) is 1. The van der Waals surface area contributed by atoms with Crippen molar-refractivity contribution in [2.45, 2.75) is 6.92 Å². The Hall–Kier alpha value is -1.94. The van der Waals surface area contributed by atoms with E-state index in [0.717, 1.165) is 17.2 Å². The first-order chi connectivity index (χ1) is 9.26. The van der Waals surface area contributed by atoms with Crippen molar-refractivity contribution in [2.24, 2.45) is 0 Å². The largest absolute Gasteiger partial charge is 0.380 e. The molecule has 100 valence electrons. The minimum Gasteiger partial charge on any atom is -0.380 e. The first kappa shape index (κ1) is 13.5. The third kappa shape index (κ3) is 3.09. The van der Waals surface area contributed by atoms with Crippen molar-refractivity contribution in [3.8, 4) is 0 Å². The Morgan fingerprint density at radius 3 is 2.89 bits per heavy atom. The number of hydrogen-bond donors (Lipinski definition) is 0. The van der Waals surface area contributed by atoms with Crippen LogP contribution in [0.25, 0.3) is 10.9 Å². The van der Waals surface area contributed by atoms with Crippen molar-refractivity contribution < 1.29 is 9.53 Å². The zero-order valence-electron chi connectivity index (χ0n) is 11.3. The molecule has 0 aliphatic carbocycles. The van der Waals surface area contributed by atoms with E-state index in [1.165, 1.54) is 0 Å². The molecule has 0 aliphatic rings. The highest BCUT2D eigenvalue weighted by Gasteiger charge is 2.10. The minimum absolute atomic E-state index is 0.609. The summed E-state index contributed by atoms with van der Waals surface area (Å²) in [6.07, 6.45) is 0.853. The first-order valence-electron chi connectivity index (χ1n) is 6.40. The molecule has 4 heteroatoms. The number of aldehydes is 1. The molecule has 1 aromatic heterocycles. The van der Waals surface area contributed by atoms with Crippen LogP contribution in [0.2, 0.25) is 0 Å². The zero-order valence-corrected chi connectivity index (χ0v) is 11.3. The molecule has 19 heavy (non-hydrogen) atoms. The molecule has 0 saturated heterocycles. The van der Waals surface area contributed by atoms with Gasteiger partial charge in [-0.1, -0.05) is 18.2 Å². The Labute approximate surface area is 113 Å². The van der Waals surface area contributed by atoms with Crippen molar-refractivity contribution in [3.05, 3.63) is 35.9 Å². The number of ether oxygens (including phenoxy) is 1. The van der Waals surface area contributed by atoms with E-state index in [9.17, 15) is 4.79 Å². The third-order valence-corrected chi connectivity index (χ3v) is 3.00. The van der Waals surface area contributed by atoms with Gasteiger partial charge in [0.2, 0.25) is 0 Å². The topological polar surface area (TPSA) is 42.4 Å². The number of hydrogen-bond acceptors (Lipinski definition) is 4. The zero-order chi connectivity index (χ0) is 13.7. The molecule has 1 aromatic carbocycles. The molecule has 0 amide bonds. The average Bonchev–Trinajstić information content (AvgIpc) is 2.46. The number of benzene rings is 1. The highest BCUT2D eigenvalue weighted by molar-refractivity contribution is 5.91. The van der Waals surface area contributed by atoms with Crippen LogP contribution in [0.4, 0.5) is 5.82 Å². The lowest BCUT2D eigenvalue weighted by Gasteiger charge is -2.20. The van der Waals surface area contributed by atoms with Crippen LogP contribution in [0.3, 0.4) is 0 Å². The highest BCUT2D eigenvalue weighted by atomic mass is 16.5. The molecule has 2 aromatic rings. The minimum atomic E-state index is 0.609. The summed E-state index contributed by atoms with van der Waals surface area (Å²) in [5.74, 6) is 0.702. The predicted molar refractivity (Wildman–Crippen MR) is 76.9 cm³/mol. The van der Waals surface area contributed by atoms with Gasteiger partial charge in [0.05, 0.1) is 17.7 Å². The Balaban J connectivity index is 2.32. The fourth-order valence-electron chi connectivity index (χ4n) is 1.97. The number of rotatable bonds is 6. The van der Waals surface area contributed by atoms with Crippen molar-refractivity contribution in [1.29, 1.82) is 0 Å². The third-order valence-electron chi connectivity index (χ3n) is 3.00. The average molecular weight is 258 g/mol. The molecule has 0 atom stereocenters. The van der Waals surface area contributed by atoms with Gasteiger partial charge < -0.3 is 9.64 Å². The summed E-state index contributed by atoms with van der Waals surface area (Å²) >= 11 is 0. The van der Waals surface area contributed by atoms with Crippen LogP contribution in [0.1, 0.15) is 17.3 Å². The van der Waals surface area contributed by atoms with Gasteiger partial charge in [0.1, 0.15) is 5.82 Å². The van der Waals surface area contributed by atoms with E-state index in [0.29, 0.717) is 31.1 Å². The van der Waals surface area contributed by atoms with Crippen molar-refractivity contribution in [3.63, 3.8) is 0 Å². The monoisotopic (exact) mass is 258 g/mol. The van der Waals surface area contributed by atoms with Gasteiger partial charge in [-0.25, -0.2) is 4.98 Å². The quantitative estimate of drug-likeness (QED) is 0.590. The molecule has 1 heterocycles. The lowest BCUT2D eigenvalue weighted by atomic mass is 10.1. The number of fused-ring (bicyclic) bond motifs is 1. The molecule has 0 N–H and O–H groups in total. The van der Waals surface area contributed by atoms with E-state index in [1.807, 2.05) is 49.2 Å². The fourth-order valence-corrected chi connectivity index (χ4v) is 1.97. The molecule has 0 saturated carbocycles. The van der Waals surface area contributed by atoms with Gasteiger partial charge >= 0.3 is 0 Å². The normalized spacial score (nSPS) is 10.6. The maximum Gasteiger partial charge on any atom is 0.153 e. The second-order valence-corrected chi connectivity index (χ2v) is 4.33. The molecule has 0 spiro atoms. The number of carbonyl (C=O) groups is 1. The summed E-state index contributed by atoms with van der Waals surface area (Å²) in [6.45, 7) is 3.99. The standard InChI is InChI=1S/C15H18N2O2/c1-3-19-9-8-17(2)15-13(11-18)10-12-6-4-5-7-14(12)16-15/h4-7,10-11H,3,8-9H2,1-2H3. The second-order valence-electron chi connectivity index (χ2n) is 4.33. The highest BCUT2D eigenvalue weighted by Crippen LogP contribution is 2.21. The molecule has 0 unspecified atom stereocenters. The van der Waals surface area contributed by atoms with Crippen LogP contribution in [-0.2, 0) is 4.74 Å². The van der Waals surface area contributed by atoms with Gasteiger partial charge in [-0.3, -0.25) is 4.79 Å². The lowest BCUT2D eigenvalue weighted by Crippen LogP contribution is -2.24. The van der Waals surface area contributed by atoms with E-state index in [1.54, 1.807) is 0 Å². The summed E-state index contributed by atoms with van der Waals surface area (Å²) < 4.78 is 5.33. The van der Waals surface area contributed by atoms with Crippen molar-refractivity contribution in [1.82, 2.24) is 4.98 Å². The van der Waals surface area contributed by atoms with Crippen LogP contribution in [0, 0.1) is 0 Å². The SMILES string of the molecule is CCOCCN(C)c1nc2ccccc2cc1C=O. The lowest BCUT2D eigenvalue weighted by molar-refractivity contribution is 0.112. The number of nitrogens with zero attached hydrogens (tertiary/aromatic N) is 2. The van der Waals surface area contributed by atoms with Gasteiger partial charge in [0.15, 0.2) is 6.29 Å². The summed E-state index contributed by atoms with van der Waals surface area (Å²) in [7, 11) is 1.92. The Morgan fingerprint density at radius 2 is 2.16 bits per heavy atom. The second kappa shape index (κ2) is 6.29. The van der Waals surface area contributed by atoms with Crippen LogP contribution in [0.15, 0.2) is 30.3 Å². The van der Waals surface area contributed by atoms with Crippen LogP contribution < -0.4 is 4.90 Å². The number of carbonyl (C=O) groups excluding carboxylic acids is 1. The van der Waals surface area contributed by atoms with Gasteiger partial charge in [0, 0.05) is 25.6 Å². The Bertz CT molecular complexity index is 569. The summed E-state index contributed by atoms with van der Waals surface area (Å²) in [5.41, 5.74) is 1.50. The van der Waals surface area contributed by atoms with E-state index in [4.69, 9.17) is 4.74 Å². The predicted octanol–water partition coefficient (Wildman–Crippen LogP) is 2.52. The molecule has 0 radical (unpaired) electrons. The summed E-state index contributed by atoms with van der Waals surface area (Å²) in [5, 5.41) is 0.978. The molecule has 2 rings (SSSR count). The van der Waals surface area contributed by atoms with Crippen LogP contribution in [-0.4, -0.2) is 38.1 Å². The molecular weight excluding hydrogens is 240 g/mol. The van der Waals surface area contributed by atoms with Crippen molar-refractivity contribution in [2.75, 3.05) is 31.7 Å².